The summed E-state index contributed by atoms with van der Waals surface area (Å²) in [5.74, 6) is 0. The maximum Gasteiger partial charge on any atom is 0.173 e. The molecule has 0 bridgehead atoms. The Morgan fingerprint density at radius 3 is 2.20 bits per heavy atom. The van der Waals surface area contributed by atoms with Crippen molar-refractivity contribution in [2.24, 2.45) is 0 Å². The highest BCUT2D eigenvalue weighted by Gasteiger charge is 2.20. The summed E-state index contributed by atoms with van der Waals surface area (Å²) in [5.41, 5.74) is 7.67. The van der Waals surface area contributed by atoms with Gasteiger partial charge in [0.1, 0.15) is 0 Å². The van der Waals surface area contributed by atoms with Gasteiger partial charge in [0.15, 0.2) is 5.11 Å². The number of nitrogens with one attached hydrogen (secondary N) is 1. The number of rotatable bonds is 2. The first-order chi connectivity index (χ1) is 11.9. The highest BCUT2D eigenvalue weighted by atomic mass is 32.1. The Morgan fingerprint density at radius 1 is 0.840 bits per heavy atom. The van der Waals surface area contributed by atoms with E-state index in [1.54, 1.807) is 0 Å². The SMILES string of the molecule is Cc1ccc(C)c(N2CCN(C(=S)Nc3ccc(C)c(C)c3)CC2)c1. The van der Waals surface area contributed by atoms with Gasteiger partial charge >= 0.3 is 0 Å². The zero-order chi connectivity index (χ0) is 18.0. The van der Waals surface area contributed by atoms with Crippen molar-refractivity contribution >= 4 is 28.7 Å². The second-order valence-electron chi connectivity index (χ2n) is 6.99. The molecule has 1 N–H and O–H groups in total. The van der Waals surface area contributed by atoms with Crippen LogP contribution in [0, 0.1) is 27.7 Å². The third kappa shape index (κ3) is 4.13. The van der Waals surface area contributed by atoms with Crippen LogP contribution in [0.5, 0.6) is 0 Å². The van der Waals surface area contributed by atoms with Crippen molar-refractivity contribution in [2.45, 2.75) is 27.7 Å². The van der Waals surface area contributed by atoms with Crippen LogP contribution in [0.1, 0.15) is 22.3 Å². The fourth-order valence-corrected chi connectivity index (χ4v) is 3.53. The molecule has 1 aliphatic heterocycles. The van der Waals surface area contributed by atoms with Crippen molar-refractivity contribution in [2.75, 3.05) is 36.4 Å². The molecule has 0 amide bonds. The summed E-state index contributed by atoms with van der Waals surface area (Å²) in [6.45, 7) is 12.5. The summed E-state index contributed by atoms with van der Waals surface area (Å²) in [7, 11) is 0. The first kappa shape index (κ1) is 17.7. The number of piperazine rings is 1. The summed E-state index contributed by atoms with van der Waals surface area (Å²) in [5, 5.41) is 4.22. The molecule has 2 aromatic rings. The van der Waals surface area contributed by atoms with Gasteiger partial charge in [-0.05, 0) is 80.4 Å². The quantitative estimate of drug-likeness (QED) is 0.804. The molecule has 132 valence electrons. The monoisotopic (exact) mass is 353 g/mol. The molecule has 1 saturated heterocycles. The third-order valence-corrected chi connectivity index (χ3v) is 5.39. The van der Waals surface area contributed by atoms with Crippen molar-refractivity contribution in [3.05, 3.63) is 58.7 Å². The Labute approximate surface area is 156 Å². The summed E-state index contributed by atoms with van der Waals surface area (Å²) in [4.78, 5) is 4.74. The van der Waals surface area contributed by atoms with E-state index >= 15 is 0 Å². The molecule has 25 heavy (non-hydrogen) atoms. The summed E-state index contributed by atoms with van der Waals surface area (Å²) >= 11 is 5.63. The predicted octanol–water partition coefficient (Wildman–Crippen LogP) is 4.44. The largest absolute Gasteiger partial charge is 0.368 e. The minimum atomic E-state index is 0.823. The van der Waals surface area contributed by atoms with Gasteiger partial charge in [-0.3, -0.25) is 0 Å². The van der Waals surface area contributed by atoms with Crippen molar-refractivity contribution in [3.63, 3.8) is 0 Å². The van der Waals surface area contributed by atoms with E-state index in [1.165, 1.54) is 27.9 Å². The molecule has 3 nitrogen and oxygen atoms in total. The number of hydrogen-bond acceptors (Lipinski definition) is 2. The van der Waals surface area contributed by atoms with E-state index in [-0.39, 0.29) is 0 Å². The second-order valence-corrected chi connectivity index (χ2v) is 7.38. The number of aryl methyl sites for hydroxylation is 4. The molecule has 1 aliphatic rings. The van der Waals surface area contributed by atoms with E-state index in [4.69, 9.17) is 12.2 Å². The maximum atomic E-state index is 5.63. The van der Waals surface area contributed by atoms with Crippen molar-refractivity contribution in [1.82, 2.24) is 4.90 Å². The highest BCUT2D eigenvalue weighted by molar-refractivity contribution is 7.80. The first-order valence-electron chi connectivity index (χ1n) is 8.89. The summed E-state index contributed by atoms with van der Waals surface area (Å²) < 4.78 is 0. The van der Waals surface area contributed by atoms with Crippen LogP contribution in [-0.4, -0.2) is 36.2 Å². The number of hydrogen-bond donors (Lipinski definition) is 1. The Bertz CT molecular complexity index is 777. The lowest BCUT2D eigenvalue weighted by molar-refractivity contribution is 0.390. The van der Waals surface area contributed by atoms with Crippen LogP contribution in [0.3, 0.4) is 0 Å². The first-order valence-corrected chi connectivity index (χ1v) is 9.30. The van der Waals surface area contributed by atoms with Crippen molar-refractivity contribution in [1.29, 1.82) is 0 Å². The lowest BCUT2D eigenvalue weighted by Gasteiger charge is -2.38. The van der Waals surface area contributed by atoms with Crippen molar-refractivity contribution < 1.29 is 0 Å². The van der Waals surface area contributed by atoms with Crippen LogP contribution in [-0.2, 0) is 0 Å². The van der Waals surface area contributed by atoms with E-state index in [0.717, 1.165) is 37.0 Å². The molecular weight excluding hydrogens is 326 g/mol. The van der Waals surface area contributed by atoms with Gasteiger partial charge in [0.05, 0.1) is 0 Å². The molecule has 0 unspecified atom stereocenters. The van der Waals surface area contributed by atoms with Gasteiger partial charge in [0.25, 0.3) is 0 Å². The highest BCUT2D eigenvalue weighted by Crippen LogP contribution is 2.23. The number of anilines is 2. The van der Waals surface area contributed by atoms with Crippen LogP contribution in [0.4, 0.5) is 11.4 Å². The summed E-state index contributed by atoms with van der Waals surface area (Å²) in [6.07, 6.45) is 0. The van der Waals surface area contributed by atoms with Gasteiger partial charge in [-0.25, -0.2) is 0 Å². The third-order valence-electron chi connectivity index (χ3n) is 5.03. The maximum absolute atomic E-state index is 5.63. The fraction of sp³-hybridized carbons (Fsp3) is 0.381. The molecule has 2 aromatic carbocycles. The van der Waals surface area contributed by atoms with Crippen LogP contribution in [0.2, 0.25) is 0 Å². The lowest BCUT2D eigenvalue weighted by Crippen LogP contribution is -2.50. The molecule has 0 atom stereocenters. The standard InChI is InChI=1S/C21H27N3S/c1-15-5-6-17(3)20(13-15)23-9-11-24(12-10-23)21(25)22-19-8-7-16(2)18(4)14-19/h5-8,13-14H,9-12H2,1-4H3,(H,22,25). The number of thiocarbonyl (C=S) groups is 1. The number of nitrogens with zero attached hydrogens (tertiary/aromatic N) is 2. The Morgan fingerprint density at radius 2 is 1.52 bits per heavy atom. The average Bonchev–Trinajstić information content (AvgIpc) is 2.60. The van der Waals surface area contributed by atoms with Crippen LogP contribution in [0.25, 0.3) is 0 Å². The van der Waals surface area contributed by atoms with E-state index in [2.05, 4.69) is 79.2 Å². The smallest absolute Gasteiger partial charge is 0.173 e. The normalized spacial score (nSPS) is 14.6. The molecule has 0 radical (unpaired) electrons. The molecule has 0 saturated carbocycles. The molecular formula is C21H27N3S. The van der Waals surface area contributed by atoms with E-state index in [9.17, 15) is 0 Å². The predicted molar refractivity (Wildman–Crippen MR) is 112 cm³/mol. The Balaban J connectivity index is 1.60. The topological polar surface area (TPSA) is 18.5 Å². The molecule has 3 rings (SSSR count). The fourth-order valence-electron chi connectivity index (χ4n) is 3.23. The van der Waals surface area contributed by atoms with E-state index in [1.807, 2.05) is 0 Å². The molecule has 1 heterocycles. The summed E-state index contributed by atoms with van der Waals surface area (Å²) in [6, 6.07) is 13.1. The number of benzene rings is 2. The van der Waals surface area contributed by atoms with Gasteiger partial charge in [-0.15, -0.1) is 0 Å². The van der Waals surface area contributed by atoms with Crippen LogP contribution >= 0.6 is 12.2 Å². The molecule has 4 heteroatoms. The van der Waals surface area contributed by atoms with E-state index < -0.39 is 0 Å². The Hall–Kier alpha value is -2.07. The molecule has 1 fully saturated rings. The minimum Gasteiger partial charge on any atom is -0.368 e. The van der Waals surface area contributed by atoms with Gasteiger partial charge in [-0.1, -0.05) is 18.2 Å². The minimum absolute atomic E-state index is 0.823. The van der Waals surface area contributed by atoms with Gasteiger partial charge in [0.2, 0.25) is 0 Å². The van der Waals surface area contributed by atoms with Gasteiger partial charge < -0.3 is 15.1 Å². The lowest BCUT2D eigenvalue weighted by atomic mass is 10.1. The van der Waals surface area contributed by atoms with Crippen LogP contribution in [0.15, 0.2) is 36.4 Å². The molecule has 0 aromatic heterocycles. The Kier molecular flexibility index (Phi) is 5.28. The molecule has 0 spiro atoms. The van der Waals surface area contributed by atoms with Crippen molar-refractivity contribution in [3.8, 4) is 0 Å². The van der Waals surface area contributed by atoms with Crippen LogP contribution < -0.4 is 10.2 Å². The molecule has 0 aliphatic carbocycles. The second kappa shape index (κ2) is 7.44. The zero-order valence-electron chi connectivity index (χ0n) is 15.6. The van der Waals surface area contributed by atoms with Gasteiger partial charge in [-0.2, -0.15) is 0 Å². The zero-order valence-corrected chi connectivity index (χ0v) is 16.4. The average molecular weight is 354 g/mol. The van der Waals surface area contributed by atoms with Gasteiger partial charge in [0, 0.05) is 37.6 Å². The van der Waals surface area contributed by atoms with E-state index in [0.29, 0.717) is 0 Å².